The molecule has 0 aliphatic carbocycles. The first-order chi connectivity index (χ1) is 24.0. The van der Waals surface area contributed by atoms with Crippen LogP contribution in [0, 0.1) is 0 Å². The predicted octanol–water partition coefficient (Wildman–Crippen LogP) is 8.83. The van der Waals surface area contributed by atoms with Gasteiger partial charge in [0.1, 0.15) is 48.9 Å². The standard InChI is InChI=1S/C38H38F4O8/c1-4-7-11-31(12-10-27-47-36(44)6-3)48-32-19-15-29(16-20-32)38(41,42)50-34-23-21-33(22-24-34)49-37(39,40)28-13-17-30(18-14-28)45-25-8-9-26-46-35(43)5-2/h5-6,8-10,12-24,31H,2-4,7,11,25-27H2,1H3/b9-8+,12-10+. The van der Waals surface area contributed by atoms with Crippen molar-refractivity contribution in [2.24, 2.45) is 0 Å². The van der Waals surface area contributed by atoms with Gasteiger partial charge in [-0.25, -0.2) is 9.59 Å². The van der Waals surface area contributed by atoms with Gasteiger partial charge in [0.15, 0.2) is 0 Å². The van der Waals surface area contributed by atoms with Crippen molar-refractivity contribution in [2.45, 2.75) is 44.5 Å². The predicted molar refractivity (Wildman–Crippen MR) is 178 cm³/mol. The van der Waals surface area contributed by atoms with E-state index < -0.39 is 35.3 Å². The molecule has 0 fully saturated rings. The topological polar surface area (TPSA) is 89.5 Å². The Kier molecular flexibility index (Phi) is 15.2. The molecule has 12 heteroatoms. The van der Waals surface area contributed by atoms with Gasteiger partial charge >= 0.3 is 24.2 Å². The fraction of sp³-hybridized carbons (Fsp3) is 0.263. The zero-order chi connectivity index (χ0) is 36.4. The van der Waals surface area contributed by atoms with Crippen molar-refractivity contribution in [2.75, 3.05) is 19.8 Å². The lowest BCUT2D eigenvalue weighted by Gasteiger charge is -2.21. The minimum Gasteiger partial charge on any atom is -0.490 e. The van der Waals surface area contributed by atoms with Crippen LogP contribution < -0.4 is 18.9 Å². The third-order valence-corrected chi connectivity index (χ3v) is 6.67. The maximum atomic E-state index is 15.0. The minimum absolute atomic E-state index is 0.0377. The lowest BCUT2D eigenvalue weighted by Crippen LogP contribution is -2.22. The number of unbranched alkanes of at least 4 members (excludes halogenated alkanes) is 1. The Bertz CT molecular complexity index is 1580. The quantitative estimate of drug-likeness (QED) is 0.0472. The molecule has 50 heavy (non-hydrogen) atoms. The van der Waals surface area contributed by atoms with Gasteiger partial charge in [-0.15, -0.1) is 0 Å². The summed E-state index contributed by atoms with van der Waals surface area (Å²) in [5.41, 5.74) is -0.913. The summed E-state index contributed by atoms with van der Waals surface area (Å²) < 4.78 is 90.5. The smallest absolute Gasteiger partial charge is 0.426 e. The molecule has 3 aromatic rings. The molecule has 0 spiro atoms. The fourth-order valence-electron chi connectivity index (χ4n) is 4.10. The third kappa shape index (κ3) is 13.2. The summed E-state index contributed by atoms with van der Waals surface area (Å²) in [6.07, 6.45) is 3.20. The van der Waals surface area contributed by atoms with Crippen LogP contribution in [0.2, 0.25) is 0 Å². The Hall–Kier alpha value is -5.52. The average Bonchev–Trinajstić information content (AvgIpc) is 3.11. The largest absolute Gasteiger partial charge is 0.490 e. The molecule has 0 radical (unpaired) electrons. The SMILES string of the molecule is C=CC(=O)OC/C=C/COc1ccc(C(F)(F)Oc2ccc(OC(F)(F)c3ccc(OC(/C=C/COC(=O)C=C)CCCC)cc3)cc2)cc1. The second-order valence-corrected chi connectivity index (χ2v) is 10.4. The van der Waals surface area contributed by atoms with Crippen LogP contribution in [-0.4, -0.2) is 37.9 Å². The first-order valence-electron chi connectivity index (χ1n) is 15.6. The van der Waals surface area contributed by atoms with E-state index in [-0.39, 0.29) is 37.4 Å². The van der Waals surface area contributed by atoms with Crippen LogP contribution in [0.1, 0.15) is 37.3 Å². The summed E-state index contributed by atoms with van der Waals surface area (Å²) in [6.45, 7) is 8.83. The monoisotopic (exact) mass is 698 g/mol. The van der Waals surface area contributed by atoms with Crippen molar-refractivity contribution in [1.82, 2.24) is 0 Å². The van der Waals surface area contributed by atoms with Gasteiger partial charge < -0.3 is 28.4 Å². The van der Waals surface area contributed by atoms with E-state index in [9.17, 15) is 27.2 Å². The molecule has 0 saturated heterocycles. The molecule has 0 aromatic heterocycles. The van der Waals surface area contributed by atoms with E-state index in [1.54, 1.807) is 24.3 Å². The molecule has 1 atom stereocenters. The second-order valence-electron chi connectivity index (χ2n) is 10.4. The number of alkyl halides is 4. The summed E-state index contributed by atoms with van der Waals surface area (Å²) in [5, 5.41) is 0. The first-order valence-corrected chi connectivity index (χ1v) is 15.6. The molecular formula is C38H38F4O8. The Labute approximate surface area is 288 Å². The van der Waals surface area contributed by atoms with Crippen LogP contribution in [0.15, 0.2) is 122 Å². The molecule has 0 aliphatic rings. The highest BCUT2D eigenvalue weighted by Gasteiger charge is 2.36. The highest BCUT2D eigenvalue weighted by Crippen LogP contribution is 2.36. The van der Waals surface area contributed by atoms with Gasteiger partial charge in [0.05, 0.1) is 11.1 Å². The number of carbonyl (C=O) groups is 2. The van der Waals surface area contributed by atoms with Crippen LogP contribution in [0.3, 0.4) is 0 Å². The maximum absolute atomic E-state index is 15.0. The molecule has 266 valence electrons. The van der Waals surface area contributed by atoms with Crippen LogP contribution in [0.5, 0.6) is 23.0 Å². The van der Waals surface area contributed by atoms with Crippen molar-refractivity contribution in [3.8, 4) is 23.0 Å². The molecule has 0 heterocycles. The zero-order valence-electron chi connectivity index (χ0n) is 27.4. The van der Waals surface area contributed by atoms with Crippen LogP contribution >= 0.6 is 0 Å². The molecule has 0 N–H and O–H groups in total. The van der Waals surface area contributed by atoms with Crippen LogP contribution in [-0.2, 0) is 31.3 Å². The van der Waals surface area contributed by atoms with E-state index in [1.807, 2.05) is 6.92 Å². The van der Waals surface area contributed by atoms with Crippen LogP contribution in [0.4, 0.5) is 17.6 Å². The molecular weight excluding hydrogens is 660 g/mol. The summed E-state index contributed by atoms with van der Waals surface area (Å²) in [6, 6.07) is 14.4. The van der Waals surface area contributed by atoms with Gasteiger partial charge in [0.2, 0.25) is 0 Å². The molecule has 8 nitrogen and oxygen atoms in total. The average molecular weight is 699 g/mol. The van der Waals surface area contributed by atoms with Gasteiger partial charge in [-0.2, -0.15) is 17.6 Å². The Morgan fingerprint density at radius 2 is 1.10 bits per heavy atom. The first kappa shape index (κ1) is 38.9. The third-order valence-electron chi connectivity index (χ3n) is 6.67. The van der Waals surface area contributed by atoms with E-state index >= 15 is 0 Å². The number of benzene rings is 3. The number of halogens is 4. The van der Waals surface area contributed by atoms with Gasteiger partial charge in [0.25, 0.3) is 0 Å². The van der Waals surface area contributed by atoms with Crippen molar-refractivity contribution in [3.63, 3.8) is 0 Å². The zero-order valence-corrected chi connectivity index (χ0v) is 27.4. The van der Waals surface area contributed by atoms with E-state index in [0.29, 0.717) is 17.9 Å². The van der Waals surface area contributed by atoms with Crippen molar-refractivity contribution in [3.05, 3.63) is 134 Å². The van der Waals surface area contributed by atoms with Gasteiger partial charge in [0, 0.05) is 12.2 Å². The van der Waals surface area contributed by atoms with Crippen molar-refractivity contribution >= 4 is 11.9 Å². The molecule has 3 aromatic carbocycles. The molecule has 0 aliphatic heterocycles. The van der Waals surface area contributed by atoms with Gasteiger partial charge in [-0.05, 0) is 110 Å². The highest BCUT2D eigenvalue weighted by atomic mass is 19.3. The Balaban J connectivity index is 1.54. The number of esters is 2. The fourth-order valence-corrected chi connectivity index (χ4v) is 4.10. The van der Waals surface area contributed by atoms with E-state index in [4.69, 9.17) is 28.4 Å². The molecule has 0 amide bonds. The summed E-state index contributed by atoms with van der Waals surface area (Å²) >= 11 is 0. The lowest BCUT2D eigenvalue weighted by atomic mass is 10.1. The number of rotatable bonds is 21. The number of hydrogen-bond donors (Lipinski definition) is 0. The van der Waals surface area contributed by atoms with E-state index in [2.05, 4.69) is 13.2 Å². The number of hydrogen-bond acceptors (Lipinski definition) is 8. The van der Waals surface area contributed by atoms with Gasteiger partial charge in [-0.1, -0.05) is 26.5 Å². The number of ether oxygens (including phenoxy) is 6. The maximum Gasteiger partial charge on any atom is 0.426 e. The minimum atomic E-state index is -3.75. The lowest BCUT2D eigenvalue weighted by molar-refractivity contribution is -0.188. The van der Waals surface area contributed by atoms with Gasteiger partial charge in [-0.3, -0.25) is 0 Å². The van der Waals surface area contributed by atoms with E-state index in [1.165, 1.54) is 24.3 Å². The van der Waals surface area contributed by atoms with Crippen molar-refractivity contribution in [1.29, 1.82) is 0 Å². The normalized spacial score (nSPS) is 12.3. The molecule has 0 bridgehead atoms. The molecule has 3 rings (SSSR count). The summed E-state index contributed by atoms with van der Waals surface area (Å²) in [7, 11) is 0. The second kappa shape index (κ2) is 19.5. The van der Waals surface area contributed by atoms with Crippen LogP contribution in [0.25, 0.3) is 0 Å². The van der Waals surface area contributed by atoms with E-state index in [0.717, 1.165) is 73.5 Å². The van der Waals surface area contributed by atoms with Crippen molar-refractivity contribution < 1.29 is 55.6 Å². The molecule has 1 unspecified atom stereocenters. The number of carbonyl (C=O) groups excluding carboxylic acids is 2. The summed E-state index contributed by atoms with van der Waals surface area (Å²) in [4.78, 5) is 22.2. The molecule has 0 saturated carbocycles. The summed E-state index contributed by atoms with van der Waals surface area (Å²) in [5.74, 6) is -1.00. The Morgan fingerprint density at radius 3 is 1.58 bits per heavy atom. The Morgan fingerprint density at radius 1 is 0.660 bits per heavy atom. The highest BCUT2D eigenvalue weighted by molar-refractivity contribution is 5.81.